The number of hydrogen-bond donors (Lipinski definition) is 2. The number of likely N-dealkylation sites (N-methyl/N-ethyl adjacent to an activating group) is 1. The second-order valence-electron chi connectivity index (χ2n) is 4.09. The zero-order valence-corrected chi connectivity index (χ0v) is 10.4. The highest BCUT2D eigenvalue weighted by molar-refractivity contribution is 5.11. The largest absolute Gasteiger partial charge is 0.307 e. The number of rotatable bonds is 5. The second kappa shape index (κ2) is 5.09. The van der Waals surface area contributed by atoms with Gasteiger partial charge in [-0.25, -0.2) is 4.98 Å². The predicted octanol–water partition coefficient (Wildman–Crippen LogP) is 0.740. The Labute approximate surface area is 100 Å². The maximum atomic E-state index is 4.35. The summed E-state index contributed by atoms with van der Waals surface area (Å²) in [6.07, 6.45) is 2.38. The highest BCUT2D eigenvalue weighted by atomic mass is 15.3. The summed E-state index contributed by atoms with van der Waals surface area (Å²) < 4.78 is 1.91. The number of nitrogens with one attached hydrogen (secondary N) is 2. The molecule has 0 bridgehead atoms. The van der Waals surface area contributed by atoms with Crippen molar-refractivity contribution in [1.29, 1.82) is 0 Å². The molecule has 0 fully saturated rings. The molecule has 0 radical (unpaired) electrons. The molecule has 2 N–H and O–H groups in total. The average Bonchev–Trinajstić information content (AvgIpc) is 2.88. The van der Waals surface area contributed by atoms with Crippen LogP contribution in [0.5, 0.6) is 0 Å². The smallest absolute Gasteiger partial charge is 0.141 e. The van der Waals surface area contributed by atoms with Crippen molar-refractivity contribution < 1.29 is 0 Å². The number of aromatic nitrogens is 5. The first-order valence-electron chi connectivity index (χ1n) is 5.79. The summed E-state index contributed by atoms with van der Waals surface area (Å²) in [5, 5.41) is 14.6. The fourth-order valence-corrected chi connectivity index (χ4v) is 1.96. The Balaban J connectivity index is 2.15. The van der Waals surface area contributed by atoms with Crippen LogP contribution >= 0.6 is 0 Å². The molecule has 1 atom stereocenters. The van der Waals surface area contributed by atoms with Crippen LogP contribution in [0.15, 0.2) is 12.4 Å². The van der Waals surface area contributed by atoms with E-state index in [4.69, 9.17) is 0 Å². The van der Waals surface area contributed by atoms with Crippen molar-refractivity contribution in [3.63, 3.8) is 0 Å². The van der Waals surface area contributed by atoms with E-state index in [0.29, 0.717) is 0 Å². The van der Waals surface area contributed by atoms with E-state index in [1.54, 1.807) is 0 Å². The van der Waals surface area contributed by atoms with Crippen molar-refractivity contribution in [2.45, 2.75) is 26.3 Å². The molecule has 0 amide bonds. The van der Waals surface area contributed by atoms with E-state index >= 15 is 0 Å². The third kappa shape index (κ3) is 2.71. The van der Waals surface area contributed by atoms with Crippen molar-refractivity contribution in [3.8, 4) is 0 Å². The number of aryl methyl sites for hydroxylation is 2. The Bertz CT molecular complexity index is 458. The van der Waals surface area contributed by atoms with Crippen LogP contribution in [0.2, 0.25) is 0 Å². The Morgan fingerprint density at radius 2 is 2.35 bits per heavy atom. The molecule has 0 aliphatic rings. The summed E-state index contributed by atoms with van der Waals surface area (Å²) in [6.45, 7) is 4.97. The normalized spacial score (nSPS) is 12.9. The van der Waals surface area contributed by atoms with Crippen LogP contribution in [-0.2, 0) is 13.5 Å². The lowest BCUT2D eigenvalue weighted by Crippen LogP contribution is -2.25. The van der Waals surface area contributed by atoms with Gasteiger partial charge < -0.3 is 5.32 Å². The maximum Gasteiger partial charge on any atom is 0.141 e. The number of H-pyrrole nitrogens is 1. The molecule has 6 nitrogen and oxygen atoms in total. The molecule has 6 heteroatoms. The summed E-state index contributed by atoms with van der Waals surface area (Å²) in [6, 6.07) is 2.25. The highest BCUT2D eigenvalue weighted by Gasteiger charge is 2.16. The first kappa shape index (κ1) is 11.8. The van der Waals surface area contributed by atoms with E-state index in [1.165, 1.54) is 12.0 Å². The van der Waals surface area contributed by atoms with E-state index in [0.717, 1.165) is 24.5 Å². The number of aromatic amines is 1. The van der Waals surface area contributed by atoms with Crippen LogP contribution in [0.3, 0.4) is 0 Å². The summed E-state index contributed by atoms with van der Waals surface area (Å²) in [5.74, 6) is 0.866. The fraction of sp³-hybridized carbons (Fsp3) is 0.545. The van der Waals surface area contributed by atoms with Crippen LogP contribution in [0, 0.1) is 6.92 Å². The average molecular weight is 234 g/mol. The van der Waals surface area contributed by atoms with Gasteiger partial charge in [0.25, 0.3) is 0 Å². The molecule has 92 valence electrons. The molecule has 2 heterocycles. The quantitative estimate of drug-likeness (QED) is 0.800. The van der Waals surface area contributed by atoms with Gasteiger partial charge in [0.05, 0.1) is 11.7 Å². The molecular weight excluding hydrogens is 216 g/mol. The molecular formula is C11H18N6. The molecule has 0 aromatic carbocycles. The van der Waals surface area contributed by atoms with E-state index in [2.05, 4.69) is 38.6 Å². The lowest BCUT2D eigenvalue weighted by molar-refractivity contribution is 0.506. The lowest BCUT2D eigenvalue weighted by atomic mass is 10.1. The Morgan fingerprint density at radius 1 is 1.53 bits per heavy atom. The van der Waals surface area contributed by atoms with E-state index in [-0.39, 0.29) is 6.04 Å². The molecule has 0 saturated carbocycles. The van der Waals surface area contributed by atoms with Gasteiger partial charge in [0.1, 0.15) is 12.2 Å². The third-order valence-corrected chi connectivity index (χ3v) is 2.73. The maximum absolute atomic E-state index is 4.35. The zero-order valence-electron chi connectivity index (χ0n) is 10.4. The van der Waals surface area contributed by atoms with E-state index in [9.17, 15) is 0 Å². The summed E-state index contributed by atoms with van der Waals surface area (Å²) in [7, 11) is 1.96. The second-order valence-corrected chi connectivity index (χ2v) is 4.09. The Hall–Kier alpha value is -1.69. The Morgan fingerprint density at radius 3 is 2.88 bits per heavy atom. The topological polar surface area (TPSA) is 71.4 Å². The van der Waals surface area contributed by atoms with Gasteiger partial charge >= 0.3 is 0 Å². The fourth-order valence-electron chi connectivity index (χ4n) is 1.96. The van der Waals surface area contributed by atoms with Crippen molar-refractivity contribution in [2.24, 2.45) is 7.05 Å². The number of hydrogen-bond acceptors (Lipinski definition) is 4. The summed E-state index contributed by atoms with van der Waals surface area (Å²) in [4.78, 5) is 4.21. The number of nitrogens with zero attached hydrogens (tertiary/aromatic N) is 4. The van der Waals surface area contributed by atoms with Gasteiger partial charge in [0.2, 0.25) is 0 Å². The zero-order chi connectivity index (χ0) is 12.3. The minimum absolute atomic E-state index is 0.150. The minimum atomic E-state index is 0.150. The van der Waals surface area contributed by atoms with Crippen molar-refractivity contribution in [1.82, 2.24) is 30.3 Å². The standard InChI is InChI=1S/C11H18N6/c1-4-12-10(11-13-7-14-15-11)6-9-5-8(2)16-17(9)3/h5,7,10,12H,4,6H2,1-3H3,(H,13,14,15). The van der Waals surface area contributed by atoms with Crippen LogP contribution in [0.25, 0.3) is 0 Å². The molecule has 0 spiro atoms. The molecule has 2 aromatic rings. The van der Waals surface area contributed by atoms with E-state index in [1.807, 2.05) is 18.7 Å². The first-order valence-corrected chi connectivity index (χ1v) is 5.79. The SMILES string of the molecule is CCNC(Cc1cc(C)nn1C)c1ncn[nH]1. The van der Waals surface area contributed by atoms with Gasteiger partial charge in [0.15, 0.2) is 0 Å². The predicted molar refractivity (Wildman–Crippen MR) is 64.4 cm³/mol. The highest BCUT2D eigenvalue weighted by Crippen LogP contribution is 2.14. The van der Waals surface area contributed by atoms with Crippen molar-refractivity contribution in [2.75, 3.05) is 6.54 Å². The van der Waals surface area contributed by atoms with Gasteiger partial charge in [0, 0.05) is 19.2 Å². The Kier molecular flexibility index (Phi) is 3.53. The van der Waals surface area contributed by atoms with Crippen molar-refractivity contribution >= 4 is 0 Å². The van der Waals surface area contributed by atoms with Crippen molar-refractivity contribution in [3.05, 3.63) is 29.6 Å². The summed E-state index contributed by atoms with van der Waals surface area (Å²) >= 11 is 0. The van der Waals surface area contributed by atoms with Crippen LogP contribution in [0.4, 0.5) is 0 Å². The third-order valence-electron chi connectivity index (χ3n) is 2.73. The van der Waals surface area contributed by atoms with Gasteiger partial charge in [-0.2, -0.15) is 10.2 Å². The lowest BCUT2D eigenvalue weighted by Gasteiger charge is -2.14. The molecule has 0 aliphatic carbocycles. The first-order chi connectivity index (χ1) is 8.20. The van der Waals surface area contributed by atoms with E-state index < -0.39 is 0 Å². The minimum Gasteiger partial charge on any atom is -0.307 e. The summed E-state index contributed by atoms with van der Waals surface area (Å²) in [5.41, 5.74) is 2.22. The molecule has 1 unspecified atom stereocenters. The van der Waals surface area contributed by atoms with Gasteiger partial charge in [-0.1, -0.05) is 6.92 Å². The van der Waals surface area contributed by atoms with Crippen LogP contribution < -0.4 is 5.32 Å². The molecule has 0 aliphatic heterocycles. The van der Waals surface area contributed by atoms with Crippen LogP contribution in [-0.4, -0.2) is 31.5 Å². The molecule has 2 rings (SSSR count). The molecule has 0 saturated heterocycles. The van der Waals surface area contributed by atoms with Gasteiger partial charge in [-0.15, -0.1) is 0 Å². The molecule has 17 heavy (non-hydrogen) atoms. The van der Waals surface area contributed by atoms with Crippen LogP contribution in [0.1, 0.15) is 30.2 Å². The van der Waals surface area contributed by atoms with Gasteiger partial charge in [-0.05, 0) is 19.5 Å². The van der Waals surface area contributed by atoms with Gasteiger partial charge in [-0.3, -0.25) is 9.78 Å². The monoisotopic (exact) mass is 234 g/mol. The molecule has 2 aromatic heterocycles.